The number of carbonyl (C=O) groups excluding carboxylic acids is 1. The van der Waals surface area contributed by atoms with Crippen LogP contribution in [-0.2, 0) is 5.60 Å². The summed E-state index contributed by atoms with van der Waals surface area (Å²) in [6.07, 6.45) is 1.47. The van der Waals surface area contributed by atoms with Gasteiger partial charge in [-0.25, -0.2) is 0 Å². The first-order valence-corrected chi connectivity index (χ1v) is 7.04. The first-order chi connectivity index (χ1) is 10.5. The molecule has 0 aliphatic heterocycles. The number of H-pyrrole nitrogens is 1. The molecule has 1 atom stereocenters. The summed E-state index contributed by atoms with van der Waals surface area (Å²) in [6.45, 7) is 1.59. The van der Waals surface area contributed by atoms with Crippen molar-refractivity contribution in [3.63, 3.8) is 0 Å². The van der Waals surface area contributed by atoms with E-state index < -0.39 is 5.60 Å². The predicted molar refractivity (Wildman–Crippen MR) is 82.0 cm³/mol. The number of nitrogens with one attached hydrogen (secondary N) is 2. The lowest BCUT2D eigenvalue weighted by Gasteiger charge is -2.21. The lowest BCUT2D eigenvalue weighted by atomic mass is 10.0. The lowest BCUT2D eigenvalue weighted by molar-refractivity contribution is 0.0330. The van der Waals surface area contributed by atoms with E-state index in [4.69, 9.17) is 21.1 Å². The zero-order chi connectivity index (χ0) is 15.7. The van der Waals surface area contributed by atoms with E-state index in [9.17, 15) is 9.90 Å². The summed E-state index contributed by atoms with van der Waals surface area (Å²) in [6, 6.07) is 8.30. The fourth-order valence-corrected chi connectivity index (χ4v) is 2.31. The van der Waals surface area contributed by atoms with Crippen LogP contribution in [0.2, 0.25) is 0 Å². The van der Waals surface area contributed by atoms with Gasteiger partial charge in [0.1, 0.15) is 11.4 Å². The standard InChI is InChI=1S/C15H14N2O4S/c1-15(19,12-3-2-6-20-12)8-16-13(18)9-4-5-10-11(7-9)21-14(22)17-10/h2-7,19H,8H2,1H3,(H,16,18)(H,17,22). The number of hydrogen-bond acceptors (Lipinski definition) is 5. The third-order valence-electron chi connectivity index (χ3n) is 3.33. The number of hydrogen-bond donors (Lipinski definition) is 3. The number of furan rings is 1. The smallest absolute Gasteiger partial charge is 0.266 e. The Bertz CT molecular complexity index is 861. The largest absolute Gasteiger partial charge is 0.466 e. The Morgan fingerprint density at radius 3 is 3.00 bits per heavy atom. The van der Waals surface area contributed by atoms with Crippen LogP contribution in [-0.4, -0.2) is 22.5 Å². The van der Waals surface area contributed by atoms with Gasteiger partial charge in [0.25, 0.3) is 10.7 Å². The van der Waals surface area contributed by atoms with Crippen LogP contribution in [0.4, 0.5) is 0 Å². The van der Waals surface area contributed by atoms with Gasteiger partial charge in [-0.15, -0.1) is 0 Å². The molecule has 1 amide bonds. The number of benzene rings is 1. The quantitative estimate of drug-likeness (QED) is 0.643. The molecule has 3 N–H and O–H groups in total. The molecule has 0 spiro atoms. The lowest BCUT2D eigenvalue weighted by Crippen LogP contribution is -2.38. The van der Waals surface area contributed by atoms with E-state index in [0.717, 1.165) is 5.52 Å². The number of rotatable bonds is 4. The Balaban J connectivity index is 1.74. The Morgan fingerprint density at radius 1 is 1.45 bits per heavy atom. The third kappa shape index (κ3) is 2.81. The van der Waals surface area contributed by atoms with Crippen LogP contribution in [0.3, 0.4) is 0 Å². The van der Waals surface area contributed by atoms with Gasteiger partial charge in [-0.1, -0.05) is 0 Å². The first-order valence-electron chi connectivity index (χ1n) is 6.63. The van der Waals surface area contributed by atoms with Crippen molar-refractivity contribution in [3.05, 3.63) is 52.8 Å². The second-order valence-electron chi connectivity index (χ2n) is 5.16. The molecule has 0 saturated carbocycles. The molecule has 1 unspecified atom stereocenters. The van der Waals surface area contributed by atoms with Gasteiger partial charge in [-0.2, -0.15) is 0 Å². The number of oxazole rings is 1. The molecule has 7 heteroatoms. The monoisotopic (exact) mass is 318 g/mol. The van der Waals surface area contributed by atoms with Gasteiger partial charge in [0.05, 0.1) is 18.3 Å². The van der Waals surface area contributed by atoms with Gasteiger partial charge in [0.15, 0.2) is 5.58 Å². The van der Waals surface area contributed by atoms with E-state index in [1.54, 1.807) is 37.3 Å². The summed E-state index contributed by atoms with van der Waals surface area (Å²) in [5, 5.41) is 13.0. The number of aliphatic hydroxyl groups is 1. The van der Waals surface area contributed by atoms with Gasteiger partial charge in [-0.05, 0) is 49.5 Å². The zero-order valence-corrected chi connectivity index (χ0v) is 12.6. The molecule has 114 valence electrons. The molecule has 3 aromatic rings. The van der Waals surface area contributed by atoms with Crippen LogP contribution < -0.4 is 5.32 Å². The minimum Gasteiger partial charge on any atom is -0.466 e. The Morgan fingerprint density at radius 2 is 2.27 bits per heavy atom. The highest BCUT2D eigenvalue weighted by Crippen LogP contribution is 2.20. The van der Waals surface area contributed by atoms with Crippen molar-refractivity contribution >= 4 is 29.2 Å². The molecule has 0 aliphatic rings. The number of amides is 1. The van der Waals surface area contributed by atoms with Crippen molar-refractivity contribution in [1.82, 2.24) is 10.3 Å². The summed E-state index contributed by atoms with van der Waals surface area (Å²) in [5.41, 5.74) is 0.371. The van der Waals surface area contributed by atoms with E-state index in [1.807, 2.05) is 0 Å². The van der Waals surface area contributed by atoms with Crippen LogP contribution in [0, 0.1) is 4.84 Å². The summed E-state index contributed by atoms with van der Waals surface area (Å²) >= 11 is 4.90. The SMILES string of the molecule is CC(O)(CNC(=O)c1ccc2[nH]c(=S)oc2c1)c1ccco1. The van der Waals surface area contributed by atoms with Gasteiger partial charge in [0, 0.05) is 5.56 Å². The van der Waals surface area contributed by atoms with Gasteiger partial charge in [0.2, 0.25) is 0 Å². The first kappa shape index (κ1) is 14.6. The summed E-state index contributed by atoms with van der Waals surface area (Å²) < 4.78 is 10.4. The van der Waals surface area contributed by atoms with Crippen LogP contribution in [0.5, 0.6) is 0 Å². The van der Waals surface area contributed by atoms with Crippen molar-refractivity contribution in [3.8, 4) is 0 Å². The van der Waals surface area contributed by atoms with Crippen molar-refractivity contribution in [2.24, 2.45) is 0 Å². The fraction of sp³-hybridized carbons (Fsp3) is 0.200. The second kappa shape index (κ2) is 5.43. The van der Waals surface area contributed by atoms with Gasteiger partial charge in [-0.3, -0.25) is 4.79 Å². The predicted octanol–water partition coefficient (Wildman–Crippen LogP) is 2.72. The Kier molecular flexibility index (Phi) is 3.59. The fourth-order valence-electron chi connectivity index (χ4n) is 2.11. The Labute approximate surface area is 130 Å². The molecule has 2 aromatic heterocycles. The highest BCUT2D eigenvalue weighted by Gasteiger charge is 2.27. The molecule has 0 radical (unpaired) electrons. The van der Waals surface area contributed by atoms with Gasteiger partial charge >= 0.3 is 0 Å². The normalized spacial score (nSPS) is 13.9. The summed E-state index contributed by atoms with van der Waals surface area (Å²) in [4.78, 5) is 15.3. The molecular formula is C15H14N2O4S. The van der Waals surface area contributed by atoms with Crippen LogP contribution >= 0.6 is 12.2 Å². The number of fused-ring (bicyclic) bond motifs is 1. The van der Waals surface area contributed by atoms with Crippen LogP contribution in [0.25, 0.3) is 11.1 Å². The van der Waals surface area contributed by atoms with E-state index in [0.29, 0.717) is 16.9 Å². The maximum Gasteiger partial charge on any atom is 0.266 e. The number of carbonyl (C=O) groups is 1. The highest BCUT2D eigenvalue weighted by atomic mass is 32.1. The average molecular weight is 318 g/mol. The van der Waals surface area contributed by atoms with Crippen LogP contribution in [0.1, 0.15) is 23.0 Å². The van der Waals surface area contributed by atoms with Crippen molar-refractivity contribution < 1.29 is 18.7 Å². The second-order valence-corrected chi connectivity index (χ2v) is 5.53. The molecule has 0 saturated heterocycles. The van der Waals surface area contributed by atoms with Crippen molar-refractivity contribution in [1.29, 1.82) is 0 Å². The van der Waals surface area contributed by atoms with E-state index in [2.05, 4.69) is 10.3 Å². The Hall–Kier alpha value is -2.38. The van der Waals surface area contributed by atoms with Crippen molar-refractivity contribution in [2.75, 3.05) is 6.54 Å². The summed E-state index contributed by atoms with van der Waals surface area (Å²) in [5.74, 6) is 0.0654. The van der Waals surface area contributed by atoms with E-state index >= 15 is 0 Å². The maximum absolute atomic E-state index is 12.2. The molecule has 0 fully saturated rings. The minimum absolute atomic E-state index is 0.0218. The highest BCUT2D eigenvalue weighted by molar-refractivity contribution is 7.71. The molecule has 0 bridgehead atoms. The molecular weight excluding hydrogens is 304 g/mol. The maximum atomic E-state index is 12.2. The van der Waals surface area contributed by atoms with Crippen LogP contribution in [0.15, 0.2) is 45.4 Å². The molecule has 22 heavy (non-hydrogen) atoms. The molecule has 2 heterocycles. The zero-order valence-electron chi connectivity index (χ0n) is 11.8. The van der Waals surface area contributed by atoms with Crippen molar-refractivity contribution in [2.45, 2.75) is 12.5 Å². The summed E-state index contributed by atoms with van der Waals surface area (Å²) in [7, 11) is 0. The number of aromatic nitrogens is 1. The molecule has 6 nitrogen and oxygen atoms in total. The minimum atomic E-state index is -1.28. The topological polar surface area (TPSA) is 91.4 Å². The molecule has 0 aliphatic carbocycles. The molecule has 3 rings (SSSR count). The van der Waals surface area contributed by atoms with Gasteiger partial charge < -0.3 is 24.2 Å². The molecule has 1 aromatic carbocycles. The third-order valence-corrected chi connectivity index (χ3v) is 3.51. The van der Waals surface area contributed by atoms with E-state index in [-0.39, 0.29) is 17.3 Å². The van der Waals surface area contributed by atoms with E-state index in [1.165, 1.54) is 6.26 Å². The number of aromatic amines is 1. The average Bonchev–Trinajstić information content (AvgIpc) is 3.12.